The van der Waals surface area contributed by atoms with E-state index in [1.165, 1.54) is 18.4 Å². The highest BCUT2D eigenvalue weighted by atomic mass is 16.5. The molecule has 1 heterocycles. The van der Waals surface area contributed by atoms with Crippen LogP contribution in [0.2, 0.25) is 0 Å². The molecular formula is C14H21NO2. The highest BCUT2D eigenvalue weighted by molar-refractivity contribution is 5.27. The van der Waals surface area contributed by atoms with Crippen LogP contribution in [0.4, 0.5) is 0 Å². The predicted molar refractivity (Wildman–Crippen MR) is 68.1 cm³/mol. The van der Waals surface area contributed by atoms with Crippen molar-refractivity contribution in [2.75, 3.05) is 20.3 Å². The molecule has 0 saturated carbocycles. The van der Waals surface area contributed by atoms with Crippen LogP contribution in [-0.2, 0) is 6.54 Å². The molecule has 1 unspecified atom stereocenters. The van der Waals surface area contributed by atoms with Crippen molar-refractivity contribution in [3.05, 3.63) is 29.8 Å². The van der Waals surface area contributed by atoms with Crippen LogP contribution in [0.1, 0.15) is 24.8 Å². The van der Waals surface area contributed by atoms with Gasteiger partial charge in [-0.15, -0.1) is 0 Å². The molecule has 0 bridgehead atoms. The van der Waals surface area contributed by atoms with Crippen molar-refractivity contribution < 1.29 is 9.84 Å². The molecule has 3 heteroatoms. The highest BCUT2D eigenvalue weighted by Crippen LogP contribution is 2.23. The largest absolute Gasteiger partial charge is 0.497 e. The summed E-state index contributed by atoms with van der Waals surface area (Å²) in [5, 5.41) is 9.04. The first-order valence-electron chi connectivity index (χ1n) is 6.31. The normalized spacial score (nSPS) is 20.7. The van der Waals surface area contributed by atoms with E-state index in [-0.39, 0.29) is 0 Å². The summed E-state index contributed by atoms with van der Waals surface area (Å²) in [5.74, 6) is 0.905. The van der Waals surface area contributed by atoms with Gasteiger partial charge in [-0.3, -0.25) is 4.90 Å². The SMILES string of the molecule is COc1ccc(CN2CCCC2CCO)cc1. The standard InChI is InChI=1S/C14H21NO2/c1-17-14-6-4-12(5-7-14)11-15-9-2-3-13(15)8-10-16/h4-7,13,16H,2-3,8-11H2,1H3. The lowest BCUT2D eigenvalue weighted by Gasteiger charge is -2.23. The van der Waals surface area contributed by atoms with E-state index in [4.69, 9.17) is 9.84 Å². The van der Waals surface area contributed by atoms with E-state index in [1.807, 2.05) is 12.1 Å². The molecule has 0 amide bonds. The Morgan fingerprint density at radius 2 is 2.12 bits per heavy atom. The van der Waals surface area contributed by atoms with Gasteiger partial charge in [-0.2, -0.15) is 0 Å². The average molecular weight is 235 g/mol. The van der Waals surface area contributed by atoms with Crippen molar-refractivity contribution in [1.82, 2.24) is 4.90 Å². The van der Waals surface area contributed by atoms with Crippen LogP contribution in [0.25, 0.3) is 0 Å². The maximum absolute atomic E-state index is 9.04. The fraction of sp³-hybridized carbons (Fsp3) is 0.571. The molecule has 1 aromatic carbocycles. The monoisotopic (exact) mass is 235 g/mol. The Bertz CT molecular complexity index is 337. The molecule has 17 heavy (non-hydrogen) atoms. The van der Waals surface area contributed by atoms with Crippen LogP contribution in [0.3, 0.4) is 0 Å². The third-order valence-corrected chi connectivity index (χ3v) is 3.51. The fourth-order valence-electron chi connectivity index (χ4n) is 2.54. The fourth-order valence-corrected chi connectivity index (χ4v) is 2.54. The molecule has 2 rings (SSSR count). The summed E-state index contributed by atoms with van der Waals surface area (Å²) in [5.41, 5.74) is 1.32. The van der Waals surface area contributed by atoms with E-state index >= 15 is 0 Å². The molecule has 1 aliphatic heterocycles. The van der Waals surface area contributed by atoms with Gasteiger partial charge in [0.1, 0.15) is 5.75 Å². The molecule has 94 valence electrons. The van der Waals surface area contributed by atoms with Gasteiger partial charge in [0.15, 0.2) is 0 Å². The van der Waals surface area contributed by atoms with Crippen LogP contribution >= 0.6 is 0 Å². The highest BCUT2D eigenvalue weighted by Gasteiger charge is 2.23. The number of hydrogen-bond donors (Lipinski definition) is 1. The number of nitrogens with zero attached hydrogens (tertiary/aromatic N) is 1. The summed E-state index contributed by atoms with van der Waals surface area (Å²) in [6, 6.07) is 8.81. The first-order valence-corrected chi connectivity index (χ1v) is 6.31. The predicted octanol–water partition coefficient (Wildman–Crippen LogP) is 2.04. The van der Waals surface area contributed by atoms with Crippen molar-refractivity contribution >= 4 is 0 Å². The van der Waals surface area contributed by atoms with Gasteiger partial charge < -0.3 is 9.84 Å². The minimum atomic E-state index is 0.295. The maximum Gasteiger partial charge on any atom is 0.118 e. The topological polar surface area (TPSA) is 32.7 Å². The second-order valence-electron chi connectivity index (χ2n) is 4.63. The van der Waals surface area contributed by atoms with Crippen LogP contribution in [0, 0.1) is 0 Å². The molecule has 0 spiro atoms. The number of methoxy groups -OCH3 is 1. The van der Waals surface area contributed by atoms with E-state index in [2.05, 4.69) is 17.0 Å². The molecule has 0 aromatic heterocycles. The first kappa shape index (κ1) is 12.4. The molecule has 1 atom stereocenters. The van der Waals surface area contributed by atoms with Crippen LogP contribution in [-0.4, -0.2) is 36.3 Å². The van der Waals surface area contributed by atoms with Gasteiger partial charge in [0.05, 0.1) is 7.11 Å². The molecule has 1 fully saturated rings. The second-order valence-corrected chi connectivity index (χ2v) is 4.63. The molecule has 3 nitrogen and oxygen atoms in total. The third-order valence-electron chi connectivity index (χ3n) is 3.51. The molecule has 0 radical (unpaired) electrons. The van der Waals surface area contributed by atoms with Crippen molar-refractivity contribution in [3.63, 3.8) is 0 Å². The Kier molecular flexibility index (Phi) is 4.40. The second kappa shape index (κ2) is 6.03. The van der Waals surface area contributed by atoms with Crippen molar-refractivity contribution in [1.29, 1.82) is 0 Å². The molecule has 1 aliphatic rings. The summed E-state index contributed by atoms with van der Waals surface area (Å²) < 4.78 is 5.15. The van der Waals surface area contributed by atoms with Crippen molar-refractivity contribution in [2.24, 2.45) is 0 Å². The van der Waals surface area contributed by atoms with Crippen LogP contribution < -0.4 is 4.74 Å². The molecule has 0 aliphatic carbocycles. The van der Waals surface area contributed by atoms with Gasteiger partial charge >= 0.3 is 0 Å². The number of ether oxygens (including phenoxy) is 1. The van der Waals surface area contributed by atoms with Gasteiger partial charge in [-0.05, 0) is 43.5 Å². The number of aliphatic hydroxyl groups excluding tert-OH is 1. The maximum atomic E-state index is 9.04. The summed E-state index contributed by atoms with van der Waals surface area (Å²) in [4.78, 5) is 2.47. The lowest BCUT2D eigenvalue weighted by molar-refractivity contribution is 0.190. The first-order chi connectivity index (χ1) is 8.33. The number of aliphatic hydroxyl groups is 1. The zero-order valence-corrected chi connectivity index (χ0v) is 10.4. The number of benzene rings is 1. The molecule has 1 saturated heterocycles. The lowest BCUT2D eigenvalue weighted by Crippen LogP contribution is -2.29. The Morgan fingerprint density at radius 3 is 2.76 bits per heavy atom. The number of hydrogen-bond acceptors (Lipinski definition) is 3. The minimum absolute atomic E-state index is 0.295. The van der Waals surface area contributed by atoms with Crippen LogP contribution in [0.5, 0.6) is 5.75 Å². The minimum Gasteiger partial charge on any atom is -0.497 e. The zero-order valence-electron chi connectivity index (χ0n) is 10.4. The van der Waals surface area contributed by atoms with Gasteiger partial charge in [0.2, 0.25) is 0 Å². The Balaban J connectivity index is 1.94. The quantitative estimate of drug-likeness (QED) is 0.847. The van der Waals surface area contributed by atoms with E-state index < -0.39 is 0 Å². The van der Waals surface area contributed by atoms with E-state index in [0.29, 0.717) is 12.6 Å². The summed E-state index contributed by atoms with van der Waals surface area (Å²) in [6.45, 7) is 2.43. The Labute approximate surface area is 103 Å². The smallest absolute Gasteiger partial charge is 0.118 e. The zero-order chi connectivity index (χ0) is 12.1. The third kappa shape index (κ3) is 3.20. The van der Waals surface area contributed by atoms with E-state index in [9.17, 15) is 0 Å². The number of likely N-dealkylation sites (tertiary alicyclic amines) is 1. The molecular weight excluding hydrogens is 214 g/mol. The summed E-state index contributed by atoms with van der Waals surface area (Å²) >= 11 is 0. The summed E-state index contributed by atoms with van der Waals surface area (Å²) in [7, 11) is 1.69. The Hall–Kier alpha value is -1.06. The van der Waals surface area contributed by atoms with Gasteiger partial charge in [0.25, 0.3) is 0 Å². The van der Waals surface area contributed by atoms with Crippen molar-refractivity contribution in [3.8, 4) is 5.75 Å². The summed E-state index contributed by atoms with van der Waals surface area (Å²) in [6.07, 6.45) is 3.37. The van der Waals surface area contributed by atoms with Crippen molar-refractivity contribution in [2.45, 2.75) is 31.8 Å². The van der Waals surface area contributed by atoms with Gasteiger partial charge in [0, 0.05) is 19.2 Å². The van der Waals surface area contributed by atoms with E-state index in [0.717, 1.165) is 25.3 Å². The Morgan fingerprint density at radius 1 is 1.35 bits per heavy atom. The van der Waals surface area contributed by atoms with Gasteiger partial charge in [-0.1, -0.05) is 12.1 Å². The van der Waals surface area contributed by atoms with Crippen LogP contribution in [0.15, 0.2) is 24.3 Å². The lowest BCUT2D eigenvalue weighted by atomic mass is 10.1. The van der Waals surface area contributed by atoms with Gasteiger partial charge in [-0.25, -0.2) is 0 Å². The number of rotatable bonds is 5. The molecule has 1 N–H and O–H groups in total. The molecule has 1 aromatic rings. The average Bonchev–Trinajstić information content (AvgIpc) is 2.78. The van der Waals surface area contributed by atoms with E-state index in [1.54, 1.807) is 7.11 Å².